The van der Waals surface area contributed by atoms with E-state index in [1.165, 1.54) is 45.0 Å². The van der Waals surface area contributed by atoms with Crippen LogP contribution in [0.25, 0.3) is 0 Å². The third kappa shape index (κ3) is 4.37. The normalized spacial score (nSPS) is 21.6. The standard InChI is InChI=1S/C18H30N4O/c1-19-7-9-20(10-8-19)11-12-21-13-15-22(16-14-21)17-5-3-4-6-18(17)23-2/h3-6H,7-16H2,1-2H3. The van der Waals surface area contributed by atoms with E-state index in [9.17, 15) is 0 Å². The van der Waals surface area contributed by atoms with Gasteiger partial charge in [0.05, 0.1) is 12.8 Å². The zero-order chi connectivity index (χ0) is 16.1. The summed E-state index contributed by atoms with van der Waals surface area (Å²) in [5.74, 6) is 0.985. The molecule has 0 saturated carbocycles. The van der Waals surface area contributed by atoms with Gasteiger partial charge in [-0.1, -0.05) is 12.1 Å². The molecule has 23 heavy (non-hydrogen) atoms. The maximum absolute atomic E-state index is 5.49. The summed E-state index contributed by atoms with van der Waals surface area (Å²) >= 11 is 0. The summed E-state index contributed by atoms with van der Waals surface area (Å²) in [7, 11) is 3.97. The van der Waals surface area contributed by atoms with Gasteiger partial charge in [0.15, 0.2) is 0 Å². The maximum Gasteiger partial charge on any atom is 0.142 e. The van der Waals surface area contributed by atoms with Crippen molar-refractivity contribution in [3.8, 4) is 5.75 Å². The molecule has 128 valence electrons. The molecule has 0 unspecified atom stereocenters. The van der Waals surface area contributed by atoms with Crippen LogP contribution in [-0.2, 0) is 0 Å². The van der Waals surface area contributed by atoms with Crippen molar-refractivity contribution >= 4 is 5.69 Å². The highest BCUT2D eigenvalue weighted by atomic mass is 16.5. The van der Waals surface area contributed by atoms with E-state index in [-0.39, 0.29) is 0 Å². The molecule has 0 amide bonds. The number of benzene rings is 1. The summed E-state index contributed by atoms with van der Waals surface area (Å²) in [6.45, 7) is 11.7. The number of methoxy groups -OCH3 is 1. The Hall–Kier alpha value is -1.30. The third-order valence-corrected chi connectivity index (χ3v) is 5.13. The SMILES string of the molecule is COc1ccccc1N1CCN(CCN2CCN(C)CC2)CC1. The summed E-state index contributed by atoms with van der Waals surface area (Å²) in [6, 6.07) is 8.35. The van der Waals surface area contributed by atoms with E-state index in [2.05, 4.69) is 44.8 Å². The molecule has 5 nitrogen and oxygen atoms in total. The van der Waals surface area contributed by atoms with Gasteiger partial charge in [-0.3, -0.25) is 9.80 Å². The van der Waals surface area contributed by atoms with Crippen molar-refractivity contribution in [2.45, 2.75) is 0 Å². The van der Waals surface area contributed by atoms with Gasteiger partial charge in [0, 0.05) is 65.4 Å². The minimum atomic E-state index is 0.985. The first-order chi connectivity index (χ1) is 11.3. The fourth-order valence-electron chi connectivity index (χ4n) is 3.46. The van der Waals surface area contributed by atoms with Crippen LogP contribution in [-0.4, -0.2) is 94.3 Å². The molecule has 3 rings (SSSR count). The lowest BCUT2D eigenvalue weighted by Gasteiger charge is -2.38. The van der Waals surface area contributed by atoms with E-state index in [1.54, 1.807) is 7.11 Å². The second kappa shape index (κ2) is 7.99. The number of likely N-dealkylation sites (N-methyl/N-ethyl adjacent to an activating group) is 1. The highest BCUT2D eigenvalue weighted by Gasteiger charge is 2.20. The summed E-state index contributed by atoms with van der Waals surface area (Å²) < 4.78 is 5.49. The zero-order valence-corrected chi connectivity index (χ0v) is 14.6. The minimum Gasteiger partial charge on any atom is -0.495 e. The number of rotatable bonds is 5. The van der Waals surface area contributed by atoms with E-state index < -0.39 is 0 Å². The average Bonchev–Trinajstić information content (AvgIpc) is 2.62. The lowest BCUT2D eigenvalue weighted by molar-refractivity contribution is 0.133. The predicted molar refractivity (Wildman–Crippen MR) is 95.6 cm³/mol. The molecule has 5 heteroatoms. The zero-order valence-electron chi connectivity index (χ0n) is 14.6. The van der Waals surface area contributed by atoms with Crippen molar-refractivity contribution in [3.05, 3.63) is 24.3 Å². The van der Waals surface area contributed by atoms with Crippen molar-refractivity contribution in [1.82, 2.24) is 14.7 Å². The fourth-order valence-corrected chi connectivity index (χ4v) is 3.46. The first-order valence-electron chi connectivity index (χ1n) is 8.77. The van der Waals surface area contributed by atoms with E-state index in [4.69, 9.17) is 4.74 Å². The molecule has 1 aromatic carbocycles. The third-order valence-electron chi connectivity index (χ3n) is 5.13. The van der Waals surface area contributed by atoms with Crippen molar-refractivity contribution in [2.24, 2.45) is 0 Å². The van der Waals surface area contributed by atoms with E-state index in [1.807, 2.05) is 6.07 Å². The number of hydrogen-bond acceptors (Lipinski definition) is 5. The van der Waals surface area contributed by atoms with Crippen LogP contribution in [0.4, 0.5) is 5.69 Å². The Bertz CT molecular complexity index is 480. The lowest BCUT2D eigenvalue weighted by atomic mass is 10.2. The molecule has 0 spiro atoms. The summed E-state index contributed by atoms with van der Waals surface area (Å²) in [6.07, 6.45) is 0. The monoisotopic (exact) mass is 318 g/mol. The maximum atomic E-state index is 5.49. The van der Waals surface area contributed by atoms with Gasteiger partial charge in [0.1, 0.15) is 5.75 Å². The lowest BCUT2D eigenvalue weighted by Crippen LogP contribution is -2.51. The first-order valence-corrected chi connectivity index (χ1v) is 8.77. The van der Waals surface area contributed by atoms with E-state index in [0.717, 1.165) is 31.9 Å². The van der Waals surface area contributed by atoms with Crippen LogP contribution in [0.15, 0.2) is 24.3 Å². The molecule has 0 aliphatic carbocycles. The van der Waals surface area contributed by atoms with Crippen molar-refractivity contribution in [1.29, 1.82) is 0 Å². The largest absolute Gasteiger partial charge is 0.495 e. The Labute approximate surface area is 140 Å². The number of hydrogen-bond donors (Lipinski definition) is 0. The topological polar surface area (TPSA) is 22.2 Å². The van der Waals surface area contributed by atoms with Crippen LogP contribution >= 0.6 is 0 Å². The average molecular weight is 318 g/mol. The van der Waals surface area contributed by atoms with Crippen LogP contribution in [0.2, 0.25) is 0 Å². The molecule has 0 N–H and O–H groups in total. The predicted octanol–water partition coefficient (Wildman–Crippen LogP) is 1.06. The van der Waals surface area contributed by atoms with Crippen molar-refractivity contribution in [2.75, 3.05) is 84.5 Å². The Morgan fingerprint density at radius 2 is 1.39 bits per heavy atom. The number of anilines is 1. The Kier molecular flexibility index (Phi) is 5.75. The van der Waals surface area contributed by atoms with Gasteiger partial charge in [0.25, 0.3) is 0 Å². The highest BCUT2D eigenvalue weighted by Crippen LogP contribution is 2.28. The minimum absolute atomic E-state index is 0.985. The number of para-hydroxylation sites is 2. The molecular weight excluding hydrogens is 288 g/mol. The van der Waals surface area contributed by atoms with Crippen LogP contribution in [0.5, 0.6) is 5.75 Å². The van der Waals surface area contributed by atoms with Crippen LogP contribution in [0, 0.1) is 0 Å². The number of piperazine rings is 2. The smallest absolute Gasteiger partial charge is 0.142 e. The number of ether oxygens (including phenoxy) is 1. The molecule has 0 bridgehead atoms. The van der Waals surface area contributed by atoms with E-state index >= 15 is 0 Å². The van der Waals surface area contributed by atoms with Gasteiger partial charge in [-0.15, -0.1) is 0 Å². The van der Waals surface area contributed by atoms with Gasteiger partial charge >= 0.3 is 0 Å². The first kappa shape index (κ1) is 16.6. The van der Waals surface area contributed by atoms with Crippen LogP contribution in [0.1, 0.15) is 0 Å². The Morgan fingerprint density at radius 3 is 2.00 bits per heavy atom. The van der Waals surface area contributed by atoms with Gasteiger partial charge in [-0.05, 0) is 19.2 Å². The summed E-state index contributed by atoms with van der Waals surface area (Å²) in [5.41, 5.74) is 1.23. The molecule has 0 atom stereocenters. The van der Waals surface area contributed by atoms with Crippen molar-refractivity contribution in [3.63, 3.8) is 0 Å². The molecule has 0 radical (unpaired) electrons. The number of nitrogens with zero attached hydrogens (tertiary/aromatic N) is 4. The molecule has 0 aromatic heterocycles. The molecule has 1 aromatic rings. The molecule has 2 aliphatic heterocycles. The summed E-state index contributed by atoms with van der Waals surface area (Å²) in [5, 5.41) is 0. The molecular formula is C18H30N4O. The van der Waals surface area contributed by atoms with Gasteiger partial charge in [-0.2, -0.15) is 0 Å². The quantitative estimate of drug-likeness (QED) is 0.807. The second-order valence-corrected chi connectivity index (χ2v) is 6.65. The highest BCUT2D eigenvalue weighted by molar-refractivity contribution is 5.58. The molecule has 2 heterocycles. The van der Waals surface area contributed by atoms with E-state index in [0.29, 0.717) is 0 Å². The molecule has 2 saturated heterocycles. The van der Waals surface area contributed by atoms with Gasteiger partial charge in [-0.25, -0.2) is 0 Å². The van der Waals surface area contributed by atoms with Gasteiger partial charge < -0.3 is 14.5 Å². The molecule has 2 aliphatic rings. The fraction of sp³-hybridized carbons (Fsp3) is 0.667. The molecule has 2 fully saturated rings. The van der Waals surface area contributed by atoms with Crippen molar-refractivity contribution < 1.29 is 4.74 Å². The van der Waals surface area contributed by atoms with Gasteiger partial charge in [0.2, 0.25) is 0 Å². The Balaban J connectivity index is 1.43. The van der Waals surface area contributed by atoms with Crippen LogP contribution < -0.4 is 9.64 Å². The summed E-state index contributed by atoms with van der Waals surface area (Å²) in [4.78, 5) is 10.1. The Morgan fingerprint density at radius 1 is 0.826 bits per heavy atom. The second-order valence-electron chi connectivity index (χ2n) is 6.65. The van der Waals surface area contributed by atoms with Crippen LogP contribution in [0.3, 0.4) is 0 Å².